The Hall–Kier alpha value is -1.08. The van der Waals surface area contributed by atoms with Crippen LogP contribution in [0.2, 0.25) is 0 Å². The predicted molar refractivity (Wildman–Crippen MR) is 73.9 cm³/mol. The molecule has 0 radical (unpaired) electrons. The minimum absolute atomic E-state index is 0.296. The Bertz CT molecular complexity index is 305. The molecular formula is C16H24O. The van der Waals surface area contributed by atoms with Gasteiger partial charge in [0.05, 0.1) is 12.7 Å². The summed E-state index contributed by atoms with van der Waals surface area (Å²) in [6.07, 6.45) is 5.85. The molecular weight excluding hydrogens is 208 g/mol. The highest BCUT2D eigenvalue weighted by atomic mass is 16.5. The van der Waals surface area contributed by atoms with Gasteiger partial charge in [-0.15, -0.1) is 6.58 Å². The Morgan fingerprint density at radius 1 is 1.29 bits per heavy atom. The molecule has 1 nitrogen and oxygen atoms in total. The van der Waals surface area contributed by atoms with Crippen LogP contribution in [0.4, 0.5) is 0 Å². The van der Waals surface area contributed by atoms with Crippen LogP contribution in [0.1, 0.15) is 38.7 Å². The smallest absolute Gasteiger partial charge is 0.0720 e. The first kappa shape index (κ1) is 14.0. The van der Waals surface area contributed by atoms with Gasteiger partial charge in [-0.25, -0.2) is 0 Å². The molecule has 0 fully saturated rings. The third kappa shape index (κ3) is 5.69. The summed E-state index contributed by atoms with van der Waals surface area (Å²) >= 11 is 0. The highest BCUT2D eigenvalue weighted by molar-refractivity contribution is 5.13. The van der Waals surface area contributed by atoms with Gasteiger partial charge in [0.1, 0.15) is 0 Å². The highest BCUT2D eigenvalue weighted by Crippen LogP contribution is 2.17. The molecule has 1 rings (SSSR count). The van der Waals surface area contributed by atoms with E-state index >= 15 is 0 Å². The van der Waals surface area contributed by atoms with Crippen molar-refractivity contribution in [3.05, 3.63) is 48.6 Å². The second kappa shape index (κ2) is 8.08. The normalized spacial score (nSPS) is 14.2. The molecule has 0 aliphatic heterocycles. The van der Waals surface area contributed by atoms with Crippen LogP contribution in [-0.2, 0) is 11.3 Å². The number of allylic oxidation sites excluding steroid dienone is 1. The SMILES string of the molecule is C=CC(CCC)CC(C)OCc1ccccc1. The van der Waals surface area contributed by atoms with Gasteiger partial charge in [0.15, 0.2) is 0 Å². The lowest BCUT2D eigenvalue weighted by molar-refractivity contribution is 0.0398. The maximum absolute atomic E-state index is 5.86. The first-order valence-corrected chi connectivity index (χ1v) is 6.54. The summed E-state index contributed by atoms with van der Waals surface area (Å²) in [7, 11) is 0. The fourth-order valence-corrected chi connectivity index (χ4v) is 2.01. The summed E-state index contributed by atoms with van der Waals surface area (Å²) in [4.78, 5) is 0. The summed E-state index contributed by atoms with van der Waals surface area (Å²) in [6.45, 7) is 8.96. The van der Waals surface area contributed by atoms with Crippen LogP contribution >= 0.6 is 0 Å². The van der Waals surface area contributed by atoms with Crippen LogP contribution in [0.3, 0.4) is 0 Å². The van der Waals surface area contributed by atoms with Crippen LogP contribution in [0.25, 0.3) is 0 Å². The van der Waals surface area contributed by atoms with Crippen molar-refractivity contribution < 1.29 is 4.74 Å². The maximum Gasteiger partial charge on any atom is 0.0720 e. The number of benzene rings is 1. The predicted octanol–water partition coefficient (Wildman–Crippen LogP) is 4.58. The molecule has 0 amide bonds. The molecule has 0 heterocycles. The van der Waals surface area contributed by atoms with Gasteiger partial charge >= 0.3 is 0 Å². The standard InChI is InChI=1S/C16H24O/c1-4-9-15(5-2)12-14(3)17-13-16-10-7-6-8-11-16/h5-8,10-11,14-15H,2,4,9,12-13H2,1,3H3. The van der Waals surface area contributed by atoms with Crippen LogP contribution in [-0.4, -0.2) is 6.10 Å². The van der Waals surface area contributed by atoms with Crippen molar-refractivity contribution in [2.24, 2.45) is 5.92 Å². The lowest BCUT2D eigenvalue weighted by Gasteiger charge is -2.18. The van der Waals surface area contributed by atoms with E-state index < -0.39 is 0 Å². The number of hydrogen-bond acceptors (Lipinski definition) is 1. The van der Waals surface area contributed by atoms with Gasteiger partial charge in [-0.3, -0.25) is 0 Å². The zero-order chi connectivity index (χ0) is 12.5. The third-order valence-electron chi connectivity index (χ3n) is 3.00. The first-order valence-electron chi connectivity index (χ1n) is 6.54. The Labute approximate surface area is 106 Å². The minimum Gasteiger partial charge on any atom is -0.374 e. The van der Waals surface area contributed by atoms with Crippen molar-refractivity contribution in [3.63, 3.8) is 0 Å². The van der Waals surface area contributed by atoms with Gasteiger partial charge in [-0.2, -0.15) is 0 Å². The molecule has 0 aliphatic carbocycles. The Balaban J connectivity index is 2.29. The monoisotopic (exact) mass is 232 g/mol. The zero-order valence-corrected chi connectivity index (χ0v) is 11.1. The maximum atomic E-state index is 5.86. The van der Waals surface area contributed by atoms with E-state index in [4.69, 9.17) is 4.74 Å². The molecule has 2 unspecified atom stereocenters. The van der Waals surface area contributed by atoms with Gasteiger partial charge in [0.25, 0.3) is 0 Å². The van der Waals surface area contributed by atoms with Crippen LogP contribution in [0.5, 0.6) is 0 Å². The number of ether oxygens (including phenoxy) is 1. The molecule has 0 bridgehead atoms. The molecule has 0 spiro atoms. The van der Waals surface area contributed by atoms with Gasteiger partial charge in [-0.05, 0) is 31.2 Å². The Morgan fingerprint density at radius 3 is 2.59 bits per heavy atom. The molecule has 0 aromatic heterocycles. The van der Waals surface area contributed by atoms with Gasteiger partial charge in [-0.1, -0.05) is 49.8 Å². The van der Waals surface area contributed by atoms with E-state index in [0.29, 0.717) is 18.6 Å². The fourth-order valence-electron chi connectivity index (χ4n) is 2.01. The average Bonchev–Trinajstić information content (AvgIpc) is 2.37. The highest BCUT2D eigenvalue weighted by Gasteiger charge is 2.09. The summed E-state index contributed by atoms with van der Waals surface area (Å²) in [5.41, 5.74) is 1.24. The van der Waals surface area contributed by atoms with Crippen LogP contribution in [0.15, 0.2) is 43.0 Å². The lowest BCUT2D eigenvalue weighted by atomic mass is 9.97. The average molecular weight is 232 g/mol. The van der Waals surface area contributed by atoms with Gasteiger partial charge < -0.3 is 4.74 Å². The molecule has 1 heteroatoms. The largest absolute Gasteiger partial charge is 0.374 e. The number of rotatable bonds is 8. The van der Waals surface area contributed by atoms with Crippen LogP contribution in [0, 0.1) is 5.92 Å². The minimum atomic E-state index is 0.296. The van der Waals surface area contributed by atoms with E-state index in [1.165, 1.54) is 18.4 Å². The van der Waals surface area contributed by atoms with Crippen molar-refractivity contribution >= 4 is 0 Å². The van der Waals surface area contributed by atoms with Crippen molar-refractivity contribution in [1.29, 1.82) is 0 Å². The quantitative estimate of drug-likeness (QED) is 0.596. The molecule has 1 aromatic carbocycles. The fraction of sp³-hybridized carbons (Fsp3) is 0.500. The van der Waals surface area contributed by atoms with Crippen LogP contribution < -0.4 is 0 Å². The third-order valence-corrected chi connectivity index (χ3v) is 3.00. The summed E-state index contributed by atoms with van der Waals surface area (Å²) in [5.74, 6) is 0.589. The first-order chi connectivity index (χ1) is 8.26. The van der Waals surface area contributed by atoms with Crippen molar-refractivity contribution in [2.45, 2.75) is 45.8 Å². The van der Waals surface area contributed by atoms with Gasteiger partial charge in [0.2, 0.25) is 0 Å². The summed E-state index contributed by atoms with van der Waals surface area (Å²) < 4.78 is 5.86. The zero-order valence-electron chi connectivity index (χ0n) is 11.1. The van der Waals surface area contributed by atoms with E-state index in [0.717, 1.165) is 6.42 Å². The molecule has 0 saturated carbocycles. The molecule has 0 saturated heterocycles. The molecule has 0 N–H and O–H groups in total. The van der Waals surface area contributed by atoms with Crippen molar-refractivity contribution in [3.8, 4) is 0 Å². The topological polar surface area (TPSA) is 9.23 Å². The summed E-state index contributed by atoms with van der Waals surface area (Å²) in [5, 5.41) is 0. The Morgan fingerprint density at radius 2 is 2.00 bits per heavy atom. The molecule has 2 atom stereocenters. The van der Waals surface area contributed by atoms with E-state index in [-0.39, 0.29) is 0 Å². The van der Waals surface area contributed by atoms with Crippen molar-refractivity contribution in [2.75, 3.05) is 0 Å². The summed E-state index contributed by atoms with van der Waals surface area (Å²) in [6, 6.07) is 10.3. The van der Waals surface area contributed by atoms with E-state index in [1.54, 1.807) is 0 Å². The Kier molecular flexibility index (Phi) is 6.64. The molecule has 0 aliphatic rings. The lowest BCUT2D eigenvalue weighted by Crippen LogP contribution is -2.13. The second-order valence-electron chi connectivity index (χ2n) is 4.63. The van der Waals surface area contributed by atoms with E-state index in [1.807, 2.05) is 18.2 Å². The molecule has 17 heavy (non-hydrogen) atoms. The van der Waals surface area contributed by atoms with E-state index in [2.05, 4.69) is 38.6 Å². The van der Waals surface area contributed by atoms with Gasteiger partial charge in [0, 0.05) is 0 Å². The van der Waals surface area contributed by atoms with Crippen molar-refractivity contribution in [1.82, 2.24) is 0 Å². The second-order valence-corrected chi connectivity index (χ2v) is 4.63. The van der Waals surface area contributed by atoms with E-state index in [9.17, 15) is 0 Å². The molecule has 94 valence electrons. The molecule has 1 aromatic rings. The number of hydrogen-bond donors (Lipinski definition) is 0.